The van der Waals surface area contributed by atoms with Crippen molar-refractivity contribution in [3.8, 4) is 0 Å². The van der Waals surface area contributed by atoms with E-state index >= 15 is 0 Å². The summed E-state index contributed by atoms with van der Waals surface area (Å²) in [6, 6.07) is 11.6. The van der Waals surface area contributed by atoms with Gasteiger partial charge in [0.2, 0.25) is 5.91 Å². The molecule has 0 fully saturated rings. The van der Waals surface area contributed by atoms with E-state index in [4.69, 9.17) is 5.73 Å². The second-order valence-corrected chi connectivity index (χ2v) is 6.79. The van der Waals surface area contributed by atoms with Crippen LogP contribution in [0.5, 0.6) is 0 Å². The van der Waals surface area contributed by atoms with Gasteiger partial charge in [0.25, 0.3) is 5.56 Å². The van der Waals surface area contributed by atoms with E-state index < -0.39 is 5.69 Å². The number of carbonyl (C=O) groups is 1. The molecule has 148 valence electrons. The van der Waals surface area contributed by atoms with Gasteiger partial charge in [-0.15, -0.1) is 0 Å². The zero-order valence-electron chi connectivity index (χ0n) is 16.2. The number of aryl methyl sites for hydroxylation is 1. The first-order valence-electron chi connectivity index (χ1n) is 9.20. The highest BCUT2D eigenvalue weighted by Gasteiger charge is 2.17. The average molecular weight is 383 g/mol. The van der Waals surface area contributed by atoms with Crippen molar-refractivity contribution < 1.29 is 4.79 Å². The molecule has 28 heavy (non-hydrogen) atoms. The van der Waals surface area contributed by atoms with Gasteiger partial charge in [-0.3, -0.25) is 18.7 Å². The van der Waals surface area contributed by atoms with E-state index in [9.17, 15) is 14.4 Å². The van der Waals surface area contributed by atoms with Crippen LogP contribution >= 0.6 is 0 Å². The van der Waals surface area contributed by atoms with Gasteiger partial charge in [0, 0.05) is 39.9 Å². The Balaban J connectivity index is 1.84. The number of nitrogens with zero attached hydrogens (tertiary/aromatic N) is 4. The summed E-state index contributed by atoms with van der Waals surface area (Å²) in [5, 5.41) is 0.409. The number of fused-ring (bicyclic) bond motifs is 1. The minimum Gasteiger partial charge on any atom is -0.340 e. The molecule has 0 unspecified atom stereocenters. The first-order chi connectivity index (χ1) is 13.4. The van der Waals surface area contributed by atoms with Crippen LogP contribution in [0.25, 0.3) is 11.0 Å². The van der Waals surface area contributed by atoms with Crippen molar-refractivity contribution in [1.82, 2.24) is 18.6 Å². The summed E-state index contributed by atoms with van der Waals surface area (Å²) in [5.74, 6) is -0.105. The zero-order valence-corrected chi connectivity index (χ0v) is 16.2. The molecule has 3 rings (SSSR count). The lowest BCUT2D eigenvalue weighted by Gasteiger charge is -2.23. The number of aromatic nitrogens is 3. The summed E-state index contributed by atoms with van der Waals surface area (Å²) in [5.41, 5.74) is 6.49. The number of nitrogens with two attached hydrogens (primary N) is 1. The molecule has 3 aromatic rings. The third-order valence-corrected chi connectivity index (χ3v) is 4.93. The molecule has 0 radical (unpaired) electrons. The van der Waals surface area contributed by atoms with Crippen molar-refractivity contribution in [2.75, 3.05) is 19.6 Å². The predicted octanol–water partition coefficient (Wildman–Crippen LogP) is 0.0687. The Hall–Kier alpha value is -3.13. The topological polar surface area (TPSA) is 95.3 Å². The van der Waals surface area contributed by atoms with E-state index in [1.807, 2.05) is 30.3 Å². The number of rotatable bonds is 7. The van der Waals surface area contributed by atoms with Gasteiger partial charge in [-0.25, -0.2) is 4.79 Å². The van der Waals surface area contributed by atoms with Crippen LogP contribution in [0.15, 0.2) is 52.2 Å². The Kier molecular flexibility index (Phi) is 5.79. The van der Waals surface area contributed by atoms with Crippen molar-refractivity contribution in [3.63, 3.8) is 0 Å². The monoisotopic (exact) mass is 383 g/mol. The lowest BCUT2D eigenvalue weighted by Crippen LogP contribution is -2.40. The highest BCUT2D eigenvalue weighted by molar-refractivity contribution is 5.80. The lowest BCUT2D eigenvalue weighted by atomic mass is 10.1. The van der Waals surface area contributed by atoms with Crippen molar-refractivity contribution in [1.29, 1.82) is 0 Å². The number of benzene rings is 1. The highest BCUT2D eigenvalue weighted by Crippen LogP contribution is 2.10. The quantitative estimate of drug-likeness (QED) is 0.625. The Bertz CT molecular complexity index is 1090. The van der Waals surface area contributed by atoms with Gasteiger partial charge in [0.05, 0.1) is 5.39 Å². The summed E-state index contributed by atoms with van der Waals surface area (Å²) < 4.78 is 4.10. The third-order valence-electron chi connectivity index (χ3n) is 4.93. The van der Waals surface area contributed by atoms with Gasteiger partial charge in [-0.1, -0.05) is 30.3 Å². The summed E-state index contributed by atoms with van der Waals surface area (Å²) in [4.78, 5) is 39.2. The fraction of sp³-hybridized carbons (Fsp3) is 0.350. The molecule has 0 spiro atoms. The fourth-order valence-electron chi connectivity index (χ4n) is 3.39. The molecule has 1 amide bonds. The smallest absolute Gasteiger partial charge is 0.332 e. The minimum atomic E-state index is -0.423. The number of carbonyl (C=O) groups excluding carboxylic acids is 1. The largest absolute Gasteiger partial charge is 0.340 e. The SMILES string of the molecule is Cn1c(=O)c2ccn(CC(=O)N(CCN)CCc3ccccc3)c2n(C)c1=O. The van der Waals surface area contributed by atoms with E-state index in [2.05, 4.69) is 0 Å². The van der Waals surface area contributed by atoms with Gasteiger partial charge in [0.1, 0.15) is 12.2 Å². The molecule has 0 aliphatic rings. The van der Waals surface area contributed by atoms with Crippen LogP contribution in [-0.4, -0.2) is 44.1 Å². The van der Waals surface area contributed by atoms with Crippen molar-refractivity contribution in [2.24, 2.45) is 19.8 Å². The van der Waals surface area contributed by atoms with E-state index in [-0.39, 0.29) is 18.0 Å². The first-order valence-corrected chi connectivity index (χ1v) is 9.20. The standard InChI is InChI=1S/C20H25N5O3/c1-22-18-16(19(27)23(2)20(22)28)9-12-25(18)14-17(26)24(13-10-21)11-8-15-6-4-3-5-7-15/h3-7,9,12H,8,10-11,13-14,21H2,1-2H3. The highest BCUT2D eigenvalue weighted by atomic mass is 16.2. The maximum atomic E-state index is 12.9. The van der Waals surface area contributed by atoms with Gasteiger partial charge in [0.15, 0.2) is 0 Å². The maximum absolute atomic E-state index is 12.9. The molecular weight excluding hydrogens is 358 g/mol. The van der Waals surface area contributed by atoms with E-state index in [0.717, 1.165) is 16.6 Å². The molecule has 0 aliphatic heterocycles. The van der Waals surface area contributed by atoms with Crippen LogP contribution in [0.4, 0.5) is 0 Å². The minimum absolute atomic E-state index is 0.0404. The molecule has 0 atom stereocenters. The normalized spacial score (nSPS) is 11.1. The van der Waals surface area contributed by atoms with Crippen LogP contribution in [-0.2, 0) is 31.9 Å². The molecule has 8 heteroatoms. The van der Waals surface area contributed by atoms with Gasteiger partial charge in [-0.05, 0) is 18.1 Å². The zero-order chi connectivity index (χ0) is 20.3. The summed E-state index contributed by atoms with van der Waals surface area (Å²) in [6.07, 6.45) is 2.40. The first kappa shape index (κ1) is 19.6. The van der Waals surface area contributed by atoms with Crippen LogP contribution in [0, 0.1) is 0 Å². The van der Waals surface area contributed by atoms with Crippen LogP contribution in [0.3, 0.4) is 0 Å². The number of hydrogen-bond donors (Lipinski definition) is 1. The molecule has 1 aromatic carbocycles. The maximum Gasteiger partial charge on any atom is 0.332 e. The Morgan fingerprint density at radius 3 is 2.43 bits per heavy atom. The van der Waals surface area contributed by atoms with Crippen molar-refractivity contribution in [3.05, 3.63) is 69.0 Å². The Labute approximate surface area is 162 Å². The summed E-state index contributed by atoms with van der Waals surface area (Å²) in [7, 11) is 3.04. The Morgan fingerprint density at radius 2 is 1.75 bits per heavy atom. The van der Waals surface area contributed by atoms with Crippen molar-refractivity contribution in [2.45, 2.75) is 13.0 Å². The number of amides is 1. The summed E-state index contributed by atoms with van der Waals surface area (Å²) in [6.45, 7) is 1.41. The number of hydrogen-bond acceptors (Lipinski definition) is 4. The Morgan fingerprint density at radius 1 is 1.04 bits per heavy atom. The van der Waals surface area contributed by atoms with Crippen molar-refractivity contribution >= 4 is 16.9 Å². The van der Waals surface area contributed by atoms with Crippen LogP contribution < -0.4 is 17.0 Å². The van der Waals surface area contributed by atoms with E-state index in [0.29, 0.717) is 30.7 Å². The van der Waals surface area contributed by atoms with Crippen LogP contribution in [0.1, 0.15) is 5.56 Å². The van der Waals surface area contributed by atoms with Gasteiger partial charge >= 0.3 is 5.69 Å². The lowest BCUT2D eigenvalue weighted by molar-refractivity contribution is -0.131. The molecule has 0 bridgehead atoms. The predicted molar refractivity (Wildman–Crippen MR) is 108 cm³/mol. The van der Waals surface area contributed by atoms with E-state index in [1.54, 1.807) is 28.8 Å². The van der Waals surface area contributed by atoms with Gasteiger partial charge in [-0.2, -0.15) is 0 Å². The fourth-order valence-corrected chi connectivity index (χ4v) is 3.39. The van der Waals surface area contributed by atoms with Crippen LogP contribution in [0.2, 0.25) is 0 Å². The second-order valence-electron chi connectivity index (χ2n) is 6.79. The van der Waals surface area contributed by atoms with Gasteiger partial charge < -0.3 is 15.2 Å². The summed E-state index contributed by atoms with van der Waals surface area (Å²) >= 11 is 0. The molecular formula is C20H25N5O3. The molecule has 2 heterocycles. The third kappa shape index (κ3) is 3.77. The van der Waals surface area contributed by atoms with E-state index in [1.165, 1.54) is 11.6 Å². The molecule has 0 aliphatic carbocycles. The molecule has 8 nitrogen and oxygen atoms in total. The molecule has 0 saturated heterocycles. The molecule has 2 aromatic heterocycles. The average Bonchev–Trinajstić information content (AvgIpc) is 3.12. The molecule has 2 N–H and O–H groups in total. The molecule has 0 saturated carbocycles. The second kappa shape index (κ2) is 8.26.